The van der Waals surface area contributed by atoms with Crippen LogP contribution in [0.4, 0.5) is 4.79 Å². The number of hydrogen-bond donors (Lipinski definition) is 3. The fourth-order valence-electron chi connectivity index (χ4n) is 4.51. The molecule has 0 aromatic heterocycles. The number of ether oxygens (including phenoxy) is 1. The SMILES string of the molecule is CCOC(=O)N[C@@H](C(=O)N1CCC[C@H]1C(=O)NCC1CCC(N)CC1)C(C)(C)SCC(C)C. The fraction of sp³-hybridized carbons (Fsp3) is 0.875. The zero-order chi connectivity index (χ0) is 24.6. The van der Waals surface area contributed by atoms with E-state index in [9.17, 15) is 14.4 Å². The molecule has 1 saturated carbocycles. The van der Waals surface area contributed by atoms with Gasteiger partial charge >= 0.3 is 6.09 Å². The Bertz CT molecular complexity index is 665. The first-order valence-corrected chi connectivity index (χ1v) is 13.4. The van der Waals surface area contributed by atoms with Crippen molar-refractivity contribution in [3.8, 4) is 0 Å². The van der Waals surface area contributed by atoms with E-state index in [0.29, 0.717) is 31.3 Å². The monoisotopic (exact) mass is 484 g/mol. The number of carbonyl (C=O) groups excluding carboxylic acids is 3. The number of hydrogen-bond acceptors (Lipinski definition) is 6. The normalized spacial score (nSPS) is 24.5. The fourth-order valence-corrected chi connectivity index (χ4v) is 5.60. The molecule has 0 unspecified atom stereocenters. The Labute approximate surface area is 203 Å². The predicted octanol–water partition coefficient (Wildman–Crippen LogP) is 2.89. The lowest BCUT2D eigenvalue weighted by molar-refractivity contribution is -0.140. The van der Waals surface area contributed by atoms with E-state index in [1.54, 1.807) is 23.6 Å². The quantitative estimate of drug-likeness (QED) is 0.439. The number of alkyl carbamates (subject to hydrolysis) is 1. The van der Waals surface area contributed by atoms with E-state index in [1.165, 1.54) is 0 Å². The molecule has 0 radical (unpaired) electrons. The molecule has 2 atom stereocenters. The summed E-state index contributed by atoms with van der Waals surface area (Å²) in [6, 6.07) is -1.00. The van der Waals surface area contributed by atoms with Crippen molar-refractivity contribution >= 4 is 29.7 Å². The van der Waals surface area contributed by atoms with Crippen LogP contribution in [0.15, 0.2) is 0 Å². The summed E-state index contributed by atoms with van der Waals surface area (Å²) in [7, 11) is 0. The third kappa shape index (κ3) is 8.35. The predicted molar refractivity (Wildman–Crippen MR) is 133 cm³/mol. The van der Waals surface area contributed by atoms with E-state index in [1.807, 2.05) is 13.8 Å². The molecule has 0 spiro atoms. The van der Waals surface area contributed by atoms with E-state index in [4.69, 9.17) is 10.5 Å². The highest BCUT2D eigenvalue weighted by Crippen LogP contribution is 2.32. The van der Waals surface area contributed by atoms with Crippen LogP contribution in [0.5, 0.6) is 0 Å². The number of thioether (sulfide) groups is 1. The zero-order valence-electron chi connectivity index (χ0n) is 21.0. The van der Waals surface area contributed by atoms with Gasteiger partial charge in [-0.15, -0.1) is 0 Å². The van der Waals surface area contributed by atoms with Crippen molar-refractivity contribution in [3.63, 3.8) is 0 Å². The number of rotatable bonds is 10. The highest BCUT2D eigenvalue weighted by Gasteiger charge is 2.44. The summed E-state index contributed by atoms with van der Waals surface area (Å²) in [5, 5.41) is 5.87. The smallest absolute Gasteiger partial charge is 0.407 e. The number of nitrogens with two attached hydrogens (primary N) is 1. The van der Waals surface area contributed by atoms with Crippen molar-refractivity contribution < 1.29 is 19.1 Å². The Hall–Kier alpha value is -1.48. The molecule has 33 heavy (non-hydrogen) atoms. The summed E-state index contributed by atoms with van der Waals surface area (Å²) in [5.74, 6) is 1.44. The second-order valence-electron chi connectivity index (χ2n) is 10.3. The highest BCUT2D eigenvalue weighted by molar-refractivity contribution is 8.00. The van der Waals surface area contributed by atoms with Crippen molar-refractivity contribution in [2.75, 3.05) is 25.4 Å². The Kier molecular flexibility index (Phi) is 10.8. The first-order valence-electron chi connectivity index (χ1n) is 12.5. The average Bonchev–Trinajstić information content (AvgIpc) is 3.25. The van der Waals surface area contributed by atoms with Gasteiger partial charge in [0.15, 0.2) is 0 Å². The maximum absolute atomic E-state index is 13.7. The number of amides is 3. The molecule has 8 nitrogen and oxygen atoms in total. The second kappa shape index (κ2) is 12.8. The topological polar surface area (TPSA) is 114 Å². The molecule has 1 saturated heterocycles. The Morgan fingerprint density at radius 1 is 1.15 bits per heavy atom. The van der Waals surface area contributed by atoms with Gasteiger partial charge in [-0.05, 0) is 76.9 Å². The highest BCUT2D eigenvalue weighted by atomic mass is 32.2. The molecule has 2 aliphatic rings. The van der Waals surface area contributed by atoms with Crippen LogP contribution in [0.1, 0.15) is 73.1 Å². The molecule has 1 aliphatic heterocycles. The summed E-state index contributed by atoms with van der Waals surface area (Å²) in [6.07, 6.45) is 4.86. The van der Waals surface area contributed by atoms with Crippen LogP contribution in [0.2, 0.25) is 0 Å². The molecule has 0 aromatic rings. The lowest BCUT2D eigenvalue weighted by Crippen LogP contribution is -2.60. The maximum Gasteiger partial charge on any atom is 0.407 e. The van der Waals surface area contributed by atoms with Gasteiger partial charge in [-0.3, -0.25) is 9.59 Å². The third-order valence-corrected chi connectivity index (χ3v) is 8.38. The Balaban J connectivity index is 2.07. The molecular formula is C24H44N4O4S. The minimum atomic E-state index is -0.784. The summed E-state index contributed by atoms with van der Waals surface area (Å²) in [4.78, 5) is 40.6. The number of likely N-dealkylation sites (tertiary alicyclic amines) is 1. The number of nitrogens with one attached hydrogen (secondary N) is 2. The second-order valence-corrected chi connectivity index (χ2v) is 12.0. The minimum absolute atomic E-state index is 0.0988. The van der Waals surface area contributed by atoms with Gasteiger partial charge in [-0.25, -0.2) is 4.79 Å². The molecule has 0 bridgehead atoms. The van der Waals surface area contributed by atoms with E-state index < -0.39 is 22.9 Å². The van der Waals surface area contributed by atoms with E-state index in [0.717, 1.165) is 37.9 Å². The van der Waals surface area contributed by atoms with Crippen LogP contribution in [0, 0.1) is 11.8 Å². The maximum atomic E-state index is 13.7. The first kappa shape index (κ1) is 27.8. The van der Waals surface area contributed by atoms with Gasteiger partial charge in [-0.1, -0.05) is 13.8 Å². The van der Waals surface area contributed by atoms with Gasteiger partial charge in [0.05, 0.1) is 6.61 Å². The Morgan fingerprint density at radius 3 is 2.42 bits per heavy atom. The molecule has 2 fully saturated rings. The van der Waals surface area contributed by atoms with Crippen molar-refractivity contribution in [2.24, 2.45) is 17.6 Å². The molecule has 1 heterocycles. The Morgan fingerprint density at radius 2 is 1.82 bits per heavy atom. The molecule has 1 aliphatic carbocycles. The van der Waals surface area contributed by atoms with Gasteiger partial charge in [0.1, 0.15) is 12.1 Å². The molecule has 3 amide bonds. The van der Waals surface area contributed by atoms with Crippen molar-refractivity contribution in [1.82, 2.24) is 15.5 Å². The lowest BCUT2D eigenvalue weighted by atomic mass is 9.86. The summed E-state index contributed by atoms with van der Waals surface area (Å²) in [5.41, 5.74) is 5.99. The molecular weight excluding hydrogens is 440 g/mol. The summed E-state index contributed by atoms with van der Waals surface area (Å²) < 4.78 is 4.52. The molecule has 2 rings (SSSR count). The van der Waals surface area contributed by atoms with Gasteiger partial charge in [0.2, 0.25) is 11.8 Å². The van der Waals surface area contributed by atoms with E-state index >= 15 is 0 Å². The summed E-state index contributed by atoms with van der Waals surface area (Å²) in [6.45, 7) is 11.3. The number of carbonyl (C=O) groups is 3. The van der Waals surface area contributed by atoms with Gasteiger partial charge in [0.25, 0.3) is 0 Å². The molecule has 190 valence electrons. The summed E-state index contributed by atoms with van der Waals surface area (Å²) >= 11 is 1.65. The van der Waals surface area contributed by atoms with Crippen molar-refractivity contribution in [1.29, 1.82) is 0 Å². The lowest BCUT2D eigenvalue weighted by Gasteiger charge is -2.37. The van der Waals surface area contributed by atoms with Crippen LogP contribution >= 0.6 is 11.8 Å². The standard InChI is InChI=1S/C24H44N4O4S/c1-6-32-23(31)27-20(24(4,5)33-15-16(2)3)22(30)28-13-7-8-19(28)21(29)26-14-17-9-11-18(25)12-10-17/h16-20H,6-15,25H2,1-5H3,(H,26,29)(H,27,31)/t17?,18?,19-,20-/m0/s1. The third-order valence-electron chi connectivity index (χ3n) is 6.56. The van der Waals surface area contributed by atoms with Gasteiger partial charge < -0.3 is 26.0 Å². The van der Waals surface area contributed by atoms with Crippen molar-refractivity contribution in [2.45, 2.75) is 96.0 Å². The molecule has 0 aromatic carbocycles. The number of nitrogens with zero attached hydrogens (tertiary/aromatic N) is 1. The largest absolute Gasteiger partial charge is 0.450 e. The van der Waals surface area contributed by atoms with Crippen LogP contribution in [-0.4, -0.2) is 71.1 Å². The molecule has 4 N–H and O–H groups in total. The van der Waals surface area contributed by atoms with Crippen molar-refractivity contribution in [3.05, 3.63) is 0 Å². The van der Waals surface area contributed by atoms with Gasteiger partial charge in [0, 0.05) is 23.9 Å². The van der Waals surface area contributed by atoms with Crippen LogP contribution in [0.3, 0.4) is 0 Å². The van der Waals surface area contributed by atoms with E-state index in [-0.39, 0.29) is 24.5 Å². The van der Waals surface area contributed by atoms with Gasteiger partial charge in [-0.2, -0.15) is 11.8 Å². The minimum Gasteiger partial charge on any atom is -0.450 e. The molecule has 9 heteroatoms. The van der Waals surface area contributed by atoms with Crippen LogP contribution in [-0.2, 0) is 14.3 Å². The average molecular weight is 485 g/mol. The first-order chi connectivity index (χ1) is 15.5. The van der Waals surface area contributed by atoms with Crippen LogP contribution in [0.25, 0.3) is 0 Å². The zero-order valence-corrected chi connectivity index (χ0v) is 21.8. The van der Waals surface area contributed by atoms with Crippen LogP contribution < -0.4 is 16.4 Å². The van der Waals surface area contributed by atoms with E-state index in [2.05, 4.69) is 24.5 Å².